The van der Waals surface area contributed by atoms with E-state index in [4.69, 9.17) is 9.15 Å². The number of morpholine rings is 1. The topological polar surface area (TPSA) is 92.5 Å². The van der Waals surface area contributed by atoms with E-state index in [9.17, 15) is 4.79 Å². The maximum atomic E-state index is 11.7. The van der Waals surface area contributed by atoms with E-state index >= 15 is 0 Å². The Balaban J connectivity index is 1.45. The predicted molar refractivity (Wildman–Crippen MR) is 84.6 cm³/mol. The van der Waals surface area contributed by atoms with Crippen molar-refractivity contribution in [1.82, 2.24) is 15.3 Å². The van der Waals surface area contributed by atoms with Crippen LogP contribution in [0.1, 0.15) is 10.4 Å². The first-order chi connectivity index (χ1) is 11.3. The average molecular weight is 317 g/mol. The largest absolute Gasteiger partial charge is 0.472 e. The molecule has 0 radical (unpaired) electrons. The monoisotopic (exact) mass is 317 g/mol. The molecule has 1 amide bonds. The van der Waals surface area contributed by atoms with Crippen LogP contribution in [0.2, 0.25) is 0 Å². The van der Waals surface area contributed by atoms with Crippen LogP contribution in [-0.4, -0.2) is 55.3 Å². The number of amides is 1. The van der Waals surface area contributed by atoms with E-state index in [0.29, 0.717) is 31.9 Å². The standard InChI is InChI=1S/C15H19N5O3/c21-15(12-1-6-23-10-12)17-3-2-16-13-9-14(19-11-18-13)20-4-7-22-8-5-20/h1,6,9-11H,2-5,7-8H2,(H,17,21)(H,16,18,19). The molecule has 1 aliphatic rings. The molecule has 0 unspecified atom stereocenters. The normalized spacial score (nSPS) is 14.5. The van der Waals surface area contributed by atoms with E-state index in [-0.39, 0.29) is 5.91 Å². The summed E-state index contributed by atoms with van der Waals surface area (Å²) in [4.78, 5) is 22.4. The van der Waals surface area contributed by atoms with Gasteiger partial charge < -0.3 is 24.7 Å². The van der Waals surface area contributed by atoms with Crippen molar-refractivity contribution in [3.05, 3.63) is 36.5 Å². The van der Waals surface area contributed by atoms with Crippen LogP contribution < -0.4 is 15.5 Å². The minimum absolute atomic E-state index is 0.155. The van der Waals surface area contributed by atoms with Gasteiger partial charge in [-0.3, -0.25) is 4.79 Å². The van der Waals surface area contributed by atoms with Gasteiger partial charge in [-0.2, -0.15) is 0 Å². The lowest BCUT2D eigenvalue weighted by Gasteiger charge is -2.27. The van der Waals surface area contributed by atoms with Crippen molar-refractivity contribution in [3.63, 3.8) is 0 Å². The molecule has 1 fully saturated rings. The van der Waals surface area contributed by atoms with Crippen LogP contribution in [-0.2, 0) is 4.74 Å². The lowest BCUT2D eigenvalue weighted by Crippen LogP contribution is -2.36. The van der Waals surface area contributed by atoms with Crippen molar-refractivity contribution >= 4 is 17.5 Å². The molecule has 1 aliphatic heterocycles. The Morgan fingerprint density at radius 2 is 2.13 bits per heavy atom. The molecule has 1 saturated heterocycles. The van der Waals surface area contributed by atoms with Gasteiger partial charge in [-0.1, -0.05) is 0 Å². The predicted octanol–water partition coefficient (Wildman–Crippen LogP) is 0.748. The number of carbonyl (C=O) groups excluding carboxylic acids is 1. The molecule has 2 aromatic heterocycles. The molecule has 2 N–H and O–H groups in total. The molecule has 0 aromatic carbocycles. The quantitative estimate of drug-likeness (QED) is 0.759. The van der Waals surface area contributed by atoms with Crippen LogP contribution in [0.25, 0.3) is 0 Å². The summed E-state index contributed by atoms with van der Waals surface area (Å²) in [7, 11) is 0. The Morgan fingerprint density at radius 1 is 1.26 bits per heavy atom. The van der Waals surface area contributed by atoms with Gasteiger partial charge in [-0.05, 0) is 6.07 Å². The summed E-state index contributed by atoms with van der Waals surface area (Å²) in [6.07, 6.45) is 4.43. The molecule has 0 bridgehead atoms. The van der Waals surface area contributed by atoms with Gasteiger partial charge in [-0.25, -0.2) is 9.97 Å². The number of nitrogens with one attached hydrogen (secondary N) is 2. The summed E-state index contributed by atoms with van der Waals surface area (Å²) >= 11 is 0. The maximum absolute atomic E-state index is 11.7. The van der Waals surface area contributed by atoms with Crippen LogP contribution in [0.15, 0.2) is 35.4 Å². The molecule has 23 heavy (non-hydrogen) atoms. The van der Waals surface area contributed by atoms with Crippen LogP contribution in [0, 0.1) is 0 Å². The van der Waals surface area contributed by atoms with Gasteiger partial charge in [0.25, 0.3) is 5.91 Å². The molecule has 0 spiro atoms. The Morgan fingerprint density at radius 3 is 2.91 bits per heavy atom. The number of anilines is 2. The fourth-order valence-corrected chi connectivity index (χ4v) is 2.27. The van der Waals surface area contributed by atoms with Crippen LogP contribution >= 0.6 is 0 Å². The third kappa shape index (κ3) is 4.19. The molecule has 0 aliphatic carbocycles. The van der Waals surface area contributed by atoms with Crippen molar-refractivity contribution in [1.29, 1.82) is 0 Å². The second-order valence-electron chi connectivity index (χ2n) is 5.06. The highest BCUT2D eigenvalue weighted by Crippen LogP contribution is 2.15. The number of furan rings is 1. The summed E-state index contributed by atoms with van der Waals surface area (Å²) in [5, 5.41) is 5.98. The minimum atomic E-state index is -0.155. The second-order valence-corrected chi connectivity index (χ2v) is 5.06. The van der Waals surface area contributed by atoms with Crippen LogP contribution in [0.3, 0.4) is 0 Å². The highest BCUT2D eigenvalue weighted by atomic mass is 16.5. The van der Waals surface area contributed by atoms with Gasteiger partial charge >= 0.3 is 0 Å². The van der Waals surface area contributed by atoms with E-state index in [2.05, 4.69) is 25.5 Å². The first-order valence-corrected chi connectivity index (χ1v) is 7.52. The Hall–Kier alpha value is -2.61. The summed E-state index contributed by atoms with van der Waals surface area (Å²) in [5.74, 6) is 1.46. The molecular weight excluding hydrogens is 298 g/mol. The zero-order valence-corrected chi connectivity index (χ0v) is 12.7. The summed E-state index contributed by atoms with van der Waals surface area (Å²) in [6.45, 7) is 4.15. The number of hydrogen-bond donors (Lipinski definition) is 2. The Labute approximate surface area is 133 Å². The fourth-order valence-electron chi connectivity index (χ4n) is 2.27. The Kier molecular flexibility index (Phi) is 5.05. The van der Waals surface area contributed by atoms with Crippen molar-refractivity contribution in [2.45, 2.75) is 0 Å². The molecule has 2 aromatic rings. The number of aromatic nitrogens is 2. The number of carbonyl (C=O) groups is 1. The number of ether oxygens (including phenoxy) is 1. The molecule has 3 heterocycles. The van der Waals surface area contributed by atoms with E-state index in [1.54, 1.807) is 6.07 Å². The lowest BCUT2D eigenvalue weighted by molar-refractivity contribution is 0.0954. The lowest BCUT2D eigenvalue weighted by atomic mass is 10.3. The second kappa shape index (κ2) is 7.59. The summed E-state index contributed by atoms with van der Waals surface area (Å²) in [6, 6.07) is 3.53. The fraction of sp³-hybridized carbons (Fsp3) is 0.400. The van der Waals surface area contributed by atoms with Gasteiger partial charge in [0, 0.05) is 32.2 Å². The summed E-state index contributed by atoms with van der Waals surface area (Å²) in [5.41, 5.74) is 0.515. The van der Waals surface area contributed by atoms with Gasteiger partial charge in [0.2, 0.25) is 0 Å². The number of hydrogen-bond acceptors (Lipinski definition) is 7. The van der Waals surface area contributed by atoms with Crippen molar-refractivity contribution in [2.75, 3.05) is 49.6 Å². The molecule has 0 atom stereocenters. The first kappa shape index (κ1) is 15.3. The molecule has 0 saturated carbocycles. The molecule has 122 valence electrons. The van der Waals surface area contributed by atoms with Gasteiger partial charge in [0.15, 0.2) is 0 Å². The Bertz CT molecular complexity index is 626. The third-order valence-electron chi connectivity index (χ3n) is 3.49. The molecule has 3 rings (SSSR count). The smallest absolute Gasteiger partial charge is 0.254 e. The van der Waals surface area contributed by atoms with Gasteiger partial charge in [0.1, 0.15) is 24.2 Å². The van der Waals surface area contributed by atoms with Crippen molar-refractivity contribution in [2.24, 2.45) is 0 Å². The number of nitrogens with zero attached hydrogens (tertiary/aromatic N) is 3. The van der Waals surface area contributed by atoms with Gasteiger partial charge in [0.05, 0.1) is 25.0 Å². The highest BCUT2D eigenvalue weighted by Gasteiger charge is 2.13. The van der Waals surface area contributed by atoms with Crippen molar-refractivity contribution in [3.8, 4) is 0 Å². The number of rotatable bonds is 6. The van der Waals surface area contributed by atoms with Crippen LogP contribution in [0.4, 0.5) is 11.6 Å². The molecule has 8 heteroatoms. The minimum Gasteiger partial charge on any atom is -0.472 e. The van der Waals surface area contributed by atoms with E-state index in [0.717, 1.165) is 24.7 Å². The summed E-state index contributed by atoms with van der Waals surface area (Å²) < 4.78 is 10.2. The SMILES string of the molecule is O=C(NCCNc1cc(N2CCOCC2)ncn1)c1ccoc1. The molecule has 8 nitrogen and oxygen atoms in total. The maximum Gasteiger partial charge on any atom is 0.254 e. The zero-order valence-electron chi connectivity index (χ0n) is 12.7. The van der Waals surface area contributed by atoms with Crippen LogP contribution in [0.5, 0.6) is 0 Å². The average Bonchev–Trinajstić information content (AvgIpc) is 3.14. The van der Waals surface area contributed by atoms with Gasteiger partial charge in [-0.15, -0.1) is 0 Å². The van der Waals surface area contributed by atoms with E-state index in [1.165, 1.54) is 18.9 Å². The first-order valence-electron chi connectivity index (χ1n) is 7.52. The van der Waals surface area contributed by atoms with E-state index < -0.39 is 0 Å². The van der Waals surface area contributed by atoms with Crippen molar-refractivity contribution < 1.29 is 13.9 Å². The third-order valence-corrected chi connectivity index (χ3v) is 3.49. The molecular formula is C15H19N5O3. The zero-order chi connectivity index (χ0) is 15.9. The van der Waals surface area contributed by atoms with E-state index in [1.807, 2.05) is 6.07 Å². The highest BCUT2D eigenvalue weighted by molar-refractivity contribution is 5.93.